The topological polar surface area (TPSA) is 132 Å². The molecule has 4 heterocycles. The van der Waals surface area contributed by atoms with E-state index in [-0.39, 0.29) is 64.0 Å². The van der Waals surface area contributed by atoms with Crippen molar-refractivity contribution in [2.45, 2.75) is 32.4 Å². The molecule has 1 aromatic carbocycles. The first-order valence-electron chi connectivity index (χ1n) is 13.1. The standard InChI is InChI=1S/C29H30N4O8/c1-5-40-29(36)20-15-19-25(30-23-10-6-7-11-32(23)28(19)35)33(16-18-9-8-12-41-18)26(20)31-27(34)17-13-21(37-2)24(39-4)22(14-17)38-3/h6-7,10-11,13-15,18H,5,8-9,12,16H2,1-4H3/t18-/m0/s1. The molecule has 0 N–H and O–H groups in total. The van der Waals surface area contributed by atoms with Crippen LogP contribution in [0.15, 0.2) is 52.4 Å². The normalized spacial score (nSPS) is 15.3. The zero-order valence-electron chi connectivity index (χ0n) is 23.2. The van der Waals surface area contributed by atoms with Crippen molar-refractivity contribution in [3.8, 4) is 17.2 Å². The quantitative estimate of drug-likeness (QED) is 0.235. The van der Waals surface area contributed by atoms with Gasteiger partial charge in [0, 0.05) is 18.4 Å². The van der Waals surface area contributed by atoms with Crippen molar-refractivity contribution in [1.82, 2.24) is 14.0 Å². The maximum Gasteiger partial charge on any atom is 0.341 e. The van der Waals surface area contributed by atoms with Gasteiger partial charge in [-0.15, -0.1) is 0 Å². The molecular formula is C29H30N4O8. The number of nitrogens with zero attached hydrogens (tertiary/aromatic N) is 4. The van der Waals surface area contributed by atoms with Crippen molar-refractivity contribution in [1.29, 1.82) is 0 Å². The van der Waals surface area contributed by atoms with Gasteiger partial charge in [-0.05, 0) is 50.1 Å². The first kappa shape index (κ1) is 27.8. The van der Waals surface area contributed by atoms with E-state index >= 15 is 0 Å². The minimum atomic E-state index is -0.732. The minimum absolute atomic E-state index is 0.00242. The molecule has 5 rings (SSSR count). The van der Waals surface area contributed by atoms with Crippen LogP contribution in [0.25, 0.3) is 16.7 Å². The maximum atomic E-state index is 13.7. The summed E-state index contributed by atoms with van der Waals surface area (Å²) >= 11 is 0. The molecule has 1 amide bonds. The number of rotatable bonds is 8. The molecule has 1 atom stereocenters. The second kappa shape index (κ2) is 11.8. The second-order valence-electron chi connectivity index (χ2n) is 9.26. The van der Waals surface area contributed by atoms with Gasteiger partial charge in [-0.25, -0.2) is 9.78 Å². The fourth-order valence-corrected chi connectivity index (χ4v) is 4.89. The third-order valence-corrected chi connectivity index (χ3v) is 6.81. The van der Waals surface area contributed by atoms with E-state index in [1.54, 1.807) is 35.9 Å². The molecular weight excluding hydrogens is 532 g/mol. The van der Waals surface area contributed by atoms with E-state index in [2.05, 4.69) is 4.99 Å². The van der Waals surface area contributed by atoms with Gasteiger partial charge in [0.25, 0.3) is 11.5 Å². The number of pyridine rings is 2. The summed E-state index contributed by atoms with van der Waals surface area (Å²) in [6, 6.07) is 9.52. The van der Waals surface area contributed by atoms with Crippen LogP contribution < -0.4 is 25.3 Å². The van der Waals surface area contributed by atoms with Crippen LogP contribution >= 0.6 is 0 Å². The largest absolute Gasteiger partial charge is 0.493 e. The summed E-state index contributed by atoms with van der Waals surface area (Å²) in [5.74, 6) is -0.572. The lowest BCUT2D eigenvalue weighted by Gasteiger charge is -2.18. The Labute approximate surface area is 234 Å². The number of carbonyl (C=O) groups excluding carboxylic acids is 2. The van der Waals surface area contributed by atoms with E-state index in [1.165, 1.54) is 43.9 Å². The van der Waals surface area contributed by atoms with Gasteiger partial charge in [0.05, 0.1) is 46.0 Å². The predicted molar refractivity (Wildman–Crippen MR) is 148 cm³/mol. The molecule has 1 aliphatic heterocycles. The van der Waals surface area contributed by atoms with Crippen LogP contribution in [0.3, 0.4) is 0 Å². The van der Waals surface area contributed by atoms with E-state index in [0.29, 0.717) is 18.0 Å². The van der Waals surface area contributed by atoms with E-state index in [4.69, 9.17) is 28.7 Å². The molecule has 0 unspecified atom stereocenters. The highest BCUT2D eigenvalue weighted by Gasteiger charge is 2.24. The Morgan fingerprint density at radius 1 is 1.10 bits per heavy atom. The molecule has 1 saturated heterocycles. The highest BCUT2D eigenvalue weighted by Crippen LogP contribution is 2.38. The van der Waals surface area contributed by atoms with Crippen molar-refractivity contribution >= 4 is 28.6 Å². The second-order valence-corrected chi connectivity index (χ2v) is 9.26. The Morgan fingerprint density at radius 3 is 2.49 bits per heavy atom. The van der Waals surface area contributed by atoms with E-state index < -0.39 is 11.9 Å². The molecule has 4 aromatic rings. The van der Waals surface area contributed by atoms with E-state index in [9.17, 15) is 14.4 Å². The third-order valence-electron chi connectivity index (χ3n) is 6.81. The average Bonchev–Trinajstić information content (AvgIpc) is 3.51. The van der Waals surface area contributed by atoms with Gasteiger partial charge in [0.15, 0.2) is 17.0 Å². The van der Waals surface area contributed by atoms with E-state index in [1.807, 2.05) is 0 Å². The number of ether oxygens (including phenoxy) is 5. The van der Waals surface area contributed by atoms with Crippen LogP contribution in [-0.4, -0.2) is 66.5 Å². The number of fused-ring (bicyclic) bond motifs is 2. The molecule has 0 radical (unpaired) electrons. The molecule has 0 aliphatic carbocycles. The lowest BCUT2D eigenvalue weighted by atomic mass is 10.1. The summed E-state index contributed by atoms with van der Waals surface area (Å²) in [6.45, 7) is 2.54. The average molecular weight is 563 g/mol. The van der Waals surface area contributed by atoms with Crippen LogP contribution in [0, 0.1) is 0 Å². The number of benzene rings is 1. The number of methoxy groups -OCH3 is 3. The van der Waals surface area contributed by atoms with Gasteiger partial charge < -0.3 is 28.3 Å². The summed E-state index contributed by atoms with van der Waals surface area (Å²) in [5, 5.41) is 0.175. The number of carbonyl (C=O) groups is 2. The molecule has 1 aliphatic rings. The lowest BCUT2D eigenvalue weighted by Crippen LogP contribution is -2.35. The summed E-state index contributed by atoms with van der Waals surface area (Å²) in [4.78, 5) is 49.6. The van der Waals surface area contributed by atoms with Gasteiger partial charge in [0.1, 0.15) is 16.9 Å². The number of amides is 1. The summed E-state index contributed by atoms with van der Waals surface area (Å²) < 4.78 is 30.4. The molecule has 0 spiro atoms. The Bertz CT molecular complexity index is 1740. The lowest BCUT2D eigenvalue weighted by molar-refractivity contribution is 0.0521. The number of aromatic nitrogens is 3. The fraction of sp³-hybridized carbons (Fsp3) is 0.345. The van der Waals surface area contributed by atoms with Gasteiger partial charge in [0.2, 0.25) is 5.75 Å². The maximum absolute atomic E-state index is 13.7. The van der Waals surface area contributed by atoms with Crippen LogP contribution in [0.2, 0.25) is 0 Å². The van der Waals surface area contributed by atoms with Crippen LogP contribution in [0.5, 0.6) is 17.2 Å². The van der Waals surface area contributed by atoms with Crippen molar-refractivity contribution in [3.05, 3.63) is 69.6 Å². The Hall–Kier alpha value is -4.71. The molecule has 41 heavy (non-hydrogen) atoms. The third kappa shape index (κ3) is 5.25. The Morgan fingerprint density at radius 2 is 1.85 bits per heavy atom. The molecule has 1 fully saturated rings. The first-order chi connectivity index (χ1) is 19.9. The van der Waals surface area contributed by atoms with Crippen molar-refractivity contribution in [3.63, 3.8) is 0 Å². The summed E-state index contributed by atoms with van der Waals surface area (Å²) in [6.07, 6.45) is 2.98. The highest BCUT2D eigenvalue weighted by molar-refractivity contribution is 5.98. The predicted octanol–water partition coefficient (Wildman–Crippen LogP) is 2.77. The van der Waals surface area contributed by atoms with Crippen LogP contribution in [0.1, 0.15) is 40.5 Å². The van der Waals surface area contributed by atoms with Gasteiger partial charge in [-0.1, -0.05) is 6.07 Å². The molecule has 214 valence electrons. The highest BCUT2D eigenvalue weighted by atomic mass is 16.5. The fourth-order valence-electron chi connectivity index (χ4n) is 4.89. The van der Waals surface area contributed by atoms with Gasteiger partial charge in [-0.3, -0.25) is 14.0 Å². The van der Waals surface area contributed by atoms with Crippen LogP contribution in [0.4, 0.5) is 0 Å². The zero-order valence-corrected chi connectivity index (χ0v) is 23.2. The van der Waals surface area contributed by atoms with Crippen molar-refractivity contribution in [2.75, 3.05) is 34.5 Å². The van der Waals surface area contributed by atoms with E-state index in [0.717, 1.165) is 12.8 Å². The minimum Gasteiger partial charge on any atom is -0.493 e. The summed E-state index contributed by atoms with van der Waals surface area (Å²) in [7, 11) is 4.34. The van der Waals surface area contributed by atoms with Crippen LogP contribution in [-0.2, 0) is 16.0 Å². The number of esters is 1. The number of hydrogen-bond acceptors (Lipinski definition) is 9. The molecule has 12 heteroatoms. The SMILES string of the molecule is CCOC(=O)c1cc2c(=O)n3ccccc3nc2n(C[C@@H]2CCCO2)c1=NC(=O)c1cc(OC)c(OC)c(OC)c1. The van der Waals surface area contributed by atoms with Crippen molar-refractivity contribution in [2.24, 2.45) is 4.99 Å². The molecule has 0 bridgehead atoms. The molecule has 3 aromatic heterocycles. The van der Waals surface area contributed by atoms with Gasteiger partial charge >= 0.3 is 5.97 Å². The number of hydrogen-bond donors (Lipinski definition) is 0. The Kier molecular flexibility index (Phi) is 8.02. The Balaban J connectivity index is 1.83. The van der Waals surface area contributed by atoms with Crippen molar-refractivity contribution < 1.29 is 33.3 Å². The zero-order chi connectivity index (χ0) is 29.1. The first-order valence-corrected chi connectivity index (χ1v) is 13.1. The smallest absolute Gasteiger partial charge is 0.341 e. The molecule has 0 saturated carbocycles. The van der Waals surface area contributed by atoms with Gasteiger partial charge in [-0.2, -0.15) is 4.99 Å². The molecule has 12 nitrogen and oxygen atoms in total. The monoisotopic (exact) mass is 562 g/mol. The summed E-state index contributed by atoms with van der Waals surface area (Å²) in [5.41, 5.74) is 0.368.